The Hall–Kier alpha value is -2.82. The second-order valence-corrected chi connectivity index (χ2v) is 4.33. The molecule has 0 saturated carbocycles. The number of rotatable bonds is 1. The molecule has 0 atom stereocenters. The SMILES string of the molecule is O=c1[nH]cnc2[nH]c(-c3cc4ccccc4o3)cc12. The van der Waals surface area contributed by atoms with E-state index < -0.39 is 0 Å². The lowest BCUT2D eigenvalue weighted by Gasteiger charge is -1.88. The van der Waals surface area contributed by atoms with E-state index in [9.17, 15) is 4.79 Å². The van der Waals surface area contributed by atoms with Gasteiger partial charge in [-0.3, -0.25) is 4.79 Å². The monoisotopic (exact) mass is 251 g/mol. The summed E-state index contributed by atoms with van der Waals surface area (Å²) in [4.78, 5) is 21.4. The Morgan fingerprint density at radius 2 is 2.05 bits per heavy atom. The van der Waals surface area contributed by atoms with Crippen LogP contribution in [0.15, 0.2) is 51.9 Å². The molecular formula is C14H9N3O2. The number of aromatic amines is 2. The van der Waals surface area contributed by atoms with Gasteiger partial charge in [-0.25, -0.2) is 4.98 Å². The molecule has 5 nitrogen and oxygen atoms in total. The molecule has 0 unspecified atom stereocenters. The average molecular weight is 251 g/mol. The minimum Gasteiger partial charge on any atom is -0.455 e. The van der Waals surface area contributed by atoms with Gasteiger partial charge in [0.05, 0.1) is 17.4 Å². The van der Waals surface area contributed by atoms with Crippen LogP contribution in [0.5, 0.6) is 0 Å². The first-order valence-corrected chi connectivity index (χ1v) is 5.86. The minimum absolute atomic E-state index is 0.163. The Morgan fingerprint density at radius 1 is 1.16 bits per heavy atom. The Balaban J connectivity index is 1.98. The molecule has 2 N–H and O–H groups in total. The van der Waals surface area contributed by atoms with Gasteiger partial charge in [0.2, 0.25) is 0 Å². The number of H-pyrrole nitrogens is 2. The van der Waals surface area contributed by atoms with Crippen molar-refractivity contribution in [3.8, 4) is 11.5 Å². The van der Waals surface area contributed by atoms with Crippen molar-refractivity contribution >= 4 is 22.0 Å². The maximum atomic E-state index is 11.6. The molecule has 0 radical (unpaired) electrons. The van der Waals surface area contributed by atoms with Gasteiger partial charge >= 0.3 is 0 Å². The third kappa shape index (κ3) is 1.48. The van der Waals surface area contributed by atoms with Crippen LogP contribution in [-0.2, 0) is 0 Å². The molecule has 3 aromatic heterocycles. The number of aromatic nitrogens is 3. The van der Waals surface area contributed by atoms with Crippen LogP contribution >= 0.6 is 0 Å². The van der Waals surface area contributed by atoms with E-state index in [1.807, 2.05) is 30.3 Å². The van der Waals surface area contributed by atoms with Crippen LogP contribution in [0.1, 0.15) is 0 Å². The normalized spacial score (nSPS) is 11.4. The van der Waals surface area contributed by atoms with Crippen molar-refractivity contribution < 1.29 is 4.42 Å². The van der Waals surface area contributed by atoms with Crippen LogP contribution in [-0.4, -0.2) is 15.0 Å². The number of fused-ring (bicyclic) bond motifs is 2. The van der Waals surface area contributed by atoms with Gasteiger partial charge in [0, 0.05) is 5.39 Å². The van der Waals surface area contributed by atoms with Gasteiger partial charge in [-0.05, 0) is 18.2 Å². The number of benzene rings is 1. The highest BCUT2D eigenvalue weighted by Gasteiger charge is 2.10. The zero-order valence-electron chi connectivity index (χ0n) is 9.81. The van der Waals surface area contributed by atoms with Crippen LogP contribution < -0.4 is 5.56 Å². The van der Waals surface area contributed by atoms with Crippen LogP contribution in [0.3, 0.4) is 0 Å². The second-order valence-electron chi connectivity index (χ2n) is 4.33. The van der Waals surface area contributed by atoms with Gasteiger partial charge in [0.1, 0.15) is 11.2 Å². The zero-order valence-corrected chi connectivity index (χ0v) is 9.81. The van der Waals surface area contributed by atoms with Crippen molar-refractivity contribution in [2.45, 2.75) is 0 Å². The van der Waals surface area contributed by atoms with Gasteiger partial charge in [-0.2, -0.15) is 0 Å². The van der Waals surface area contributed by atoms with E-state index in [0.717, 1.165) is 16.7 Å². The van der Waals surface area contributed by atoms with E-state index in [4.69, 9.17) is 4.42 Å². The van der Waals surface area contributed by atoms with E-state index in [1.165, 1.54) is 6.33 Å². The summed E-state index contributed by atoms with van der Waals surface area (Å²) in [6.07, 6.45) is 1.38. The Kier molecular flexibility index (Phi) is 1.91. The largest absolute Gasteiger partial charge is 0.455 e. The number of furan rings is 1. The number of nitrogens with zero attached hydrogens (tertiary/aromatic N) is 1. The first kappa shape index (κ1) is 10.1. The highest BCUT2D eigenvalue weighted by Crippen LogP contribution is 2.28. The molecule has 4 rings (SSSR count). The number of hydrogen-bond donors (Lipinski definition) is 2. The quantitative estimate of drug-likeness (QED) is 0.546. The summed E-state index contributed by atoms with van der Waals surface area (Å²) in [5, 5.41) is 1.55. The van der Waals surface area contributed by atoms with Gasteiger partial charge in [0.15, 0.2) is 5.76 Å². The maximum absolute atomic E-state index is 11.6. The molecule has 92 valence electrons. The Morgan fingerprint density at radius 3 is 2.89 bits per heavy atom. The third-order valence-electron chi connectivity index (χ3n) is 3.12. The lowest BCUT2D eigenvalue weighted by atomic mass is 10.2. The van der Waals surface area contributed by atoms with Crippen molar-refractivity contribution in [3.05, 3.63) is 53.1 Å². The van der Waals surface area contributed by atoms with Crippen molar-refractivity contribution in [1.29, 1.82) is 0 Å². The fraction of sp³-hybridized carbons (Fsp3) is 0. The number of nitrogens with one attached hydrogen (secondary N) is 2. The van der Waals surface area contributed by atoms with Crippen molar-refractivity contribution in [3.63, 3.8) is 0 Å². The molecule has 1 aromatic carbocycles. The molecule has 4 aromatic rings. The summed E-state index contributed by atoms with van der Waals surface area (Å²) in [6, 6.07) is 11.5. The highest BCUT2D eigenvalue weighted by atomic mass is 16.3. The molecular weight excluding hydrogens is 242 g/mol. The molecule has 3 heterocycles. The summed E-state index contributed by atoms with van der Waals surface area (Å²) in [5.74, 6) is 0.693. The first-order chi connectivity index (χ1) is 9.31. The summed E-state index contributed by atoms with van der Waals surface area (Å²) < 4.78 is 5.75. The summed E-state index contributed by atoms with van der Waals surface area (Å²) in [5.41, 5.74) is 1.95. The van der Waals surface area contributed by atoms with Gasteiger partial charge in [-0.1, -0.05) is 18.2 Å². The molecule has 0 aliphatic rings. The Bertz CT molecular complexity index is 913. The predicted molar refractivity (Wildman–Crippen MR) is 71.9 cm³/mol. The second kappa shape index (κ2) is 3.58. The minimum atomic E-state index is -0.163. The van der Waals surface area contributed by atoms with Gasteiger partial charge in [0.25, 0.3) is 5.56 Å². The predicted octanol–water partition coefficient (Wildman–Crippen LogP) is 2.66. The van der Waals surface area contributed by atoms with E-state index in [-0.39, 0.29) is 5.56 Å². The third-order valence-corrected chi connectivity index (χ3v) is 3.12. The van der Waals surface area contributed by atoms with Crippen molar-refractivity contribution in [2.75, 3.05) is 0 Å². The summed E-state index contributed by atoms with van der Waals surface area (Å²) in [7, 11) is 0. The summed E-state index contributed by atoms with van der Waals surface area (Å²) in [6.45, 7) is 0. The smallest absolute Gasteiger partial charge is 0.260 e. The highest BCUT2D eigenvalue weighted by molar-refractivity contribution is 5.86. The zero-order chi connectivity index (χ0) is 12.8. The van der Waals surface area contributed by atoms with Gasteiger partial charge < -0.3 is 14.4 Å². The fourth-order valence-corrected chi connectivity index (χ4v) is 2.20. The van der Waals surface area contributed by atoms with Crippen LogP contribution in [0, 0.1) is 0 Å². The molecule has 19 heavy (non-hydrogen) atoms. The molecule has 0 aliphatic carbocycles. The number of para-hydroxylation sites is 1. The molecule has 0 amide bonds. The van der Waals surface area contributed by atoms with Crippen molar-refractivity contribution in [1.82, 2.24) is 15.0 Å². The lowest BCUT2D eigenvalue weighted by Crippen LogP contribution is -2.04. The first-order valence-electron chi connectivity index (χ1n) is 5.86. The van der Waals surface area contributed by atoms with Crippen LogP contribution in [0.4, 0.5) is 0 Å². The van der Waals surface area contributed by atoms with Gasteiger partial charge in [-0.15, -0.1) is 0 Å². The van der Waals surface area contributed by atoms with Crippen LogP contribution in [0.2, 0.25) is 0 Å². The maximum Gasteiger partial charge on any atom is 0.260 e. The van der Waals surface area contributed by atoms with Crippen molar-refractivity contribution in [2.24, 2.45) is 0 Å². The Labute approximate surface area is 106 Å². The molecule has 0 bridgehead atoms. The summed E-state index contributed by atoms with van der Waals surface area (Å²) >= 11 is 0. The molecule has 0 saturated heterocycles. The molecule has 5 heteroatoms. The van der Waals surface area contributed by atoms with E-state index in [1.54, 1.807) is 6.07 Å². The molecule has 0 aliphatic heterocycles. The topological polar surface area (TPSA) is 74.7 Å². The van der Waals surface area contributed by atoms with E-state index in [0.29, 0.717) is 16.8 Å². The lowest BCUT2D eigenvalue weighted by molar-refractivity contribution is 0.629. The van der Waals surface area contributed by atoms with Crippen LogP contribution in [0.25, 0.3) is 33.5 Å². The average Bonchev–Trinajstić information content (AvgIpc) is 3.02. The molecule has 0 fully saturated rings. The van der Waals surface area contributed by atoms with E-state index >= 15 is 0 Å². The van der Waals surface area contributed by atoms with E-state index in [2.05, 4.69) is 15.0 Å². The number of hydrogen-bond acceptors (Lipinski definition) is 3. The fourth-order valence-electron chi connectivity index (χ4n) is 2.20. The standard InChI is InChI=1S/C14H9N3O2/c18-14-9-6-10(17-13(9)15-7-16-14)12-5-8-3-1-2-4-11(8)19-12/h1-7H,(H2,15,16,17,18). The molecule has 0 spiro atoms.